The van der Waals surface area contributed by atoms with Gasteiger partial charge in [-0.15, -0.1) is 0 Å². The number of hydrazone groups is 1. The van der Waals surface area contributed by atoms with Gasteiger partial charge in [0.25, 0.3) is 0 Å². The zero-order chi connectivity index (χ0) is 15.3. The number of ether oxygens (including phenoxy) is 1. The van der Waals surface area contributed by atoms with Crippen LogP contribution < -0.4 is 10.2 Å². The third kappa shape index (κ3) is 4.30. The van der Waals surface area contributed by atoms with Gasteiger partial charge in [-0.2, -0.15) is 5.10 Å². The summed E-state index contributed by atoms with van der Waals surface area (Å²) in [5, 5.41) is 4.02. The second kappa shape index (κ2) is 6.38. The molecule has 0 atom stereocenters. The summed E-state index contributed by atoms with van der Waals surface area (Å²) in [6.45, 7) is 0. The highest BCUT2D eigenvalue weighted by atomic mass is 32.2. The van der Waals surface area contributed by atoms with Crippen LogP contribution in [0.5, 0.6) is 5.75 Å². The lowest BCUT2D eigenvalue weighted by molar-refractivity contribution is 0.415. The molecule has 0 unspecified atom stereocenters. The molecule has 0 saturated heterocycles. The predicted molar refractivity (Wildman–Crippen MR) is 78.6 cm³/mol. The molecule has 0 spiro atoms. The van der Waals surface area contributed by atoms with Crippen molar-refractivity contribution in [3.05, 3.63) is 54.1 Å². The molecule has 0 aromatic heterocycles. The second-order valence-electron chi connectivity index (χ2n) is 4.12. The van der Waals surface area contributed by atoms with Crippen molar-refractivity contribution in [3.8, 4) is 5.75 Å². The van der Waals surface area contributed by atoms with E-state index in [4.69, 9.17) is 4.74 Å². The summed E-state index contributed by atoms with van der Waals surface area (Å²) in [7, 11) is -2.82. The lowest BCUT2D eigenvalue weighted by Crippen LogP contribution is -1.98. The molecule has 0 amide bonds. The Morgan fingerprint density at radius 1 is 1.10 bits per heavy atom. The van der Waals surface area contributed by atoms with Crippen molar-refractivity contribution >= 4 is 22.0 Å². The van der Waals surface area contributed by atoms with Crippen LogP contribution in [-0.4, -0.2) is 26.3 Å². The number of methoxy groups -OCH3 is 1. The topological polar surface area (TPSA) is 90.8 Å². The Labute approximate surface area is 122 Å². The fourth-order valence-corrected chi connectivity index (χ4v) is 2.04. The highest BCUT2D eigenvalue weighted by molar-refractivity contribution is 7.85. The summed E-state index contributed by atoms with van der Waals surface area (Å²) in [6, 6.07) is 12.7. The maximum atomic E-state index is 10.8. The van der Waals surface area contributed by atoms with Gasteiger partial charge in [0.1, 0.15) is 15.9 Å². The number of hydrogen-bond acceptors (Lipinski definition) is 6. The van der Waals surface area contributed by atoms with Gasteiger partial charge < -0.3 is 9.29 Å². The molecule has 2 rings (SSSR count). The molecule has 0 aliphatic rings. The van der Waals surface area contributed by atoms with Gasteiger partial charge in [-0.25, -0.2) is 8.42 Å². The van der Waals surface area contributed by atoms with Gasteiger partial charge in [-0.1, -0.05) is 0 Å². The van der Waals surface area contributed by atoms with E-state index in [0.717, 1.165) is 11.3 Å². The Morgan fingerprint density at radius 3 is 2.24 bits per heavy atom. The normalized spacial score (nSPS) is 11.5. The third-order valence-corrected chi connectivity index (χ3v) is 3.52. The van der Waals surface area contributed by atoms with Crippen LogP contribution in [0.4, 0.5) is 5.69 Å². The molecule has 0 fully saturated rings. The fourth-order valence-electron chi connectivity index (χ4n) is 1.57. The quantitative estimate of drug-likeness (QED) is 0.518. The van der Waals surface area contributed by atoms with Crippen molar-refractivity contribution in [1.82, 2.24) is 0 Å². The first kappa shape index (κ1) is 15.0. The van der Waals surface area contributed by atoms with E-state index in [1.54, 1.807) is 13.3 Å². The minimum atomic E-state index is -4.42. The molecule has 0 aliphatic heterocycles. The van der Waals surface area contributed by atoms with Crippen LogP contribution in [0.3, 0.4) is 0 Å². The average Bonchev–Trinajstić information content (AvgIpc) is 2.47. The second-order valence-corrected chi connectivity index (χ2v) is 5.50. The fraction of sp³-hybridized carbons (Fsp3) is 0.0714. The van der Waals surface area contributed by atoms with Crippen LogP contribution >= 0.6 is 0 Å². The molecule has 0 heterocycles. The first-order valence-electron chi connectivity index (χ1n) is 5.98. The van der Waals surface area contributed by atoms with Gasteiger partial charge in [0.05, 0.1) is 23.9 Å². The maximum absolute atomic E-state index is 10.8. The number of hydrogen-bond donors (Lipinski definition) is 1. The summed E-state index contributed by atoms with van der Waals surface area (Å²) >= 11 is 0. The number of anilines is 1. The van der Waals surface area contributed by atoms with Crippen molar-refractivity contribution in [2.45, 2.75) is 4.90 Å². The standard InChI is InChI=1S/C14H14N2O4S/c1-20-13-6-2-11(3-7-13)10-15-16-12-4-8-14(9-5-12)21(17,18)19/h2-10,16H,1H3,(H,17,18,19)/p-1/b15-10+. The largest absolute Gasteiger partial charge is 0.744 e. The molecule has 7 heteroatoms. The molecule has 1 N–H and O–H groups in total. The van der Waals surface area contributed by atoms with Crippen LogP contribution in [0.25, 0.3) is 0 Å². The summed E-state index contributed by atoms with van der Waals surface area (Å²) in [4.78, 5) is -0.271. The van der Waals surface area contributed by atoms with E-state index in [2.05, 4.69) is 10.5 Å². The minimum Gasteiger partial charge on any atom is -0.744 e. The van der Waals surface area contributed by atoms with E-state index in [0.29, 0.717) is 5.69 Å². The molecule has 0 radical (unpaired) electrons. The zero-order valence-corrected chi connectivity index (χ0v) is 12.0. The van der Waals surface area contributed by atoms with Gasteiger partial charge in [0, 0.05) is 0 Å². The third-order valence-electron chi connectivity index (χ3n) is 2.67. The SMILES string of the molecule is COc1ccc(/C=N/Nc2ccc(S(=O)(=O)[O-])cc2)cc1. The van der Waals surface area contributed by atoms with E-state index < -0.39 is 10.1 Å². The van der Waals surface area contributed by atoms with Crippen LogP contribution in [0, 0.1) is 0 Å². The minimum absolute atomic E-state index is 0.271. The first-order chi connectivity index (χ1) is 9.99. The van der Waals surface area contributed by atoms with Crippen LogP contribution in [0.1, 0.15) is 5.56 Å². The average molecular weight is 305 g/mol. The molecule has 0 saturated carbocycles. The molecule has 0 bridgehead atoms. The Kier molecular flexibility index (Phi) is 4.56. The number of nitrogens with one attached hydrogen (secondary N) is 1. The lowest BCUT2D eigenvalue weighted by atomic mass is 10.2. The van der Waals surface area contributed by atoms with Crippen molar-refractivity contribution in [2.24, 2.45) is 5.10 Å². The molecule has 2 aromatic rings. The number of benzene rings is 2. The van der Waals surface area contributed by atoms with Crippen LogP contribution in [0.2, 0.25) is 0 Å². The molecule has 110 valence electrons. The van der Waals surface area contributed by atoms with E-state index in [9.17, 15) is 13.0 Å². The summed E-state index contributed by atoms with van der Waals surface area (Å²) in [6.07, 6.45) is 1.61. The number of rotatable bonds is 5. The van der Waals surface area contributed by atoms with Crippen molar-refractivity contribution in [1.29, 1.82) is 0 Å². The highest BCUT2D eigenvalue weighted by Gasteiger charge is 1.99. The molecule has 21 heavy (non-hydrogen) atoms. The molecule has 0 aliphatic carbocycles. The Bertz CT molecular complexity index is 723. The van der Waals surface area contributed by atoms with Gasteiger partial charge >= 0.3 is 0 Å². The number of nitrogens with zero attached hydrogens (tertiary/aromatic N) is 1. The molecule has 2 aromatic carbocycles. The van der Waals surface area contributed by atoms with E-state index in [1.165, 1.54) is 24.3 Å². The monoisotopic (exact) mass is 305 g/mol. The summed E-state index contributed by atoms with van der Waals surface area (Å²) in [5.41, 5.74) is 4.19. The van der Waals surface area contributed by atoms with Gasteiger partial charge in [-0.05, 0) is 54.1 Å². The van der Waals surface area contributed by atoms with Gasteiger partial charge in [-0.3, -0.25) is 5.43 Å². The summed E-state index contributed by atoms with van der Waals surface area (Å²) < 4.78 is 37.4. The molecular formula is C14H13N2O4S-. The van der Waals surface area contributed by atoms with Crippen molar-refractivity contribution < 1.29 is 17.7 Å². The van der Waals surface area contributed by atoms with Gasteiger partial charge in [0.2, 0.25) is 0 Å². The highest BCUT2D eigenvalue weighted by Crippen LogP contribution is 2.14. The molecule has 6 nitrogen and oxygen atoms in total. The Morgan fingerprint density at radius 2 is 1.71 bits per heavy atom. The van der Waals surface area contributed by atoms with Crippen molar-refractivity contribution in [2.75, 3.05) is 12.5 Å². The Balaban J connectivity index is 2.00. The van der Waals surface area contributed by atoms with Gasteiger partial charge in [0.15, 0.2) is 0 Å². The Hall–Kier alpha value is -2.38. The zero-order valence-electron chi connectivity index (χ0n) is 11.2. The van der Waals surface area contributed by atoms with E-state index in [-0.39, 0.29) is 4.90 Å². The first-order valence-corrected chi connectivity index (χ1v) is 7.39. The van der Waals surface area contributed by atoms with Crippen LogP contribution in [0.15, 0.2) is 58.5 Å². The van der Waals surface area contributed by atoms with E-state index in [1.807, 2.05) is 24.3 Å². The predicted octanol–water partition coefficient (Wildman–Crippen LogP) is 2.05. The maximum Gasteiger partial charge on any atom is 0.124 e. The van der Waals surface area contributed by atoms with Crippen molar-refractivity contribution in [3.63, 3.8) is 0 Å². The molecular weight excluding hydrogens is 292 g/mol. The smallest absolute Gasteiger partial charge is 0.124 e. The lowest BCUT2D eigenvalue weighted by Gasteiger charge is -2.07. The van der Waals surface area contributed by atoms with Crippen LogP contribution in [-0.2, 0) is 10.1 Å². The van der Waals surface area contributed by atoms with E-state index >= 15 is 0 Å². The summed E-state index contributed by atoms with van der Waals surface area (Å²) in [5.74, 6) is 0.759.